The Morgan fingerprint density at radius 3 is 1.79 bits per heavy atom. The highest BCUT2D eigenvalue weighted by Crippen LogP contribution is 3.21. The molecule has 3 unspecified atom stereocenters. The Balaban J connectivity index is 1.42. The lowest BCUT2D eigenvalue weighted by molar-refractivity contribution is 0.747. The molecule has 4 saturated carbocycles. The molecule has 0 nitrogen and oxygen atoms in total. The summed E-state index contributed by atoms with van der Waals surface area (Å²) >= 11 is 0. The fraction of sp³-hybridized carbons (Fsp3) is 0.955. The molecule has 13 atom stereocenters. The molecule has 0 aromatic rings. The predicted octanol–water partition coefficient (Wildman–Crippen LogP) is 6.95. The van der Waals surface area contributed by atoms with Gasteiger partial charge in [-0.25, -0.2) is 0 Å². The predicted molar refractivity (Wildman–Crippen MR) is 140 cm³/mol. The van der Waals surface area contributed by atoms with E-state index in [9.17, 15) is 0 Å². The number of rotatable bonds is 3. The van der Waals surface area contributed by atoms with Gasteiger partial charge in [-0.3, -0.25) is 0 Å². The van der Waals surface area contributed by atoms with E-state index in [4.69, 9.17) is 0 Å². The summed E-state index contributed by atoms with van der Waals surface area (Å²) in [4.78, 5) is 0. The first-order valence-electron chi connectivity index (χ1n) is 12.2. The Bertz CT molecular complexity index is 954. The van der Waals surface area contributed by atoms with Crippen molar-refractivity contribution in [1.82, 2.24) is 0 Å². The molecule has 0 radical (unpaired) electrons. The second-order valence-electron chi connectivity index (χ2n) is 15.0. The molecule has 10 rings (SSSR count). The molecule has 9 fully saturated rings. The minimum absolute atomic E-state index is 0.341. The first-order chi connectivity index (χ1) is 12.8. The van der Waals surface area contributed by atoms with E-state index in [0.29, 0.717) is 15.5 Å². The summed E-state index contributed by atoms with van der Waals surface area (Å²) in [6.45, 7) is 24.7. The van der Waals surface area contributed by atoms with E-state index in [1.54, 1.807) is 12.8 Å². The van der Waals surface area contributed by atoms with Gasteiger partial charge in [0.25, 0.3) is 0 Å². The third kappa shape index (κ3) is 1.26. The van der Waals surface area contributed by atoms with E-state index >= 15 is 0 Å². The Kier molecular flexibility index (Phi) is 2.74. The van der Waals surface area contributed by atoms with Crippen molar-refractivity contribution >= 4 is 51.0 Å². The Morgan fingerprint density at radius 2 is 1.25 bits per heavy atom. The molecule has 154 valence electrons. The van der Waals surface area contributed by atoms with Gasteiger partial charge >= 0.3 is 0 Å². The zero-order valence-corrected chi connectivity index (χ0v) is 25.1. The fourth-order valence-electron chi connectivity index (χ4n) is 12.1. The third-order valence-electron chi connectivity index (χ3n) is 11.6. The van der Waals surface area contributed by atoms with Crippen LogP contribution in [-0.2, 0) is 0 Å². The van der Waals surface area contributed by atoms with E-state index in [2.05, 4.69) is 63.6 Å². The quantitative estimate of drug-likeness (QED) is 0.303. The first-order valence-corrected chi connectivity index (χ1v) is 28.1. The van der Waals surface area contributed by atoms with Crippen molar-refractivity contribution in [1.29, 1.82) is 0 Å². The average molecular weight is 481 g/mol. The van der Waals surface area contributed by atoms with E-state index in [-0.39, 0.29) is 0 Å². The lowest BCUT2D eigenvalue weighted by Gasteiger charge is -2.59. The molecule has 0 amide bonds. The molecule has 10 aliphatic rings. The first kappa shape index (κ1) is 18.3. The minimum Gasteiger partial charge on any atom is -0.0755 e. The van der Waals surface area contributed by atoms with Crippen LogP contribution in [-0.4, -0.2) is 61.1 Å². The van der Waals surface area contributed by atoms with Crippen LogP contribution in [0.1, 0.15) is 12.8 Å². The van der Waals surface area contributed by atoms with Crippen LogP contribution in [0.25, 0.3) is 0 Å². The standard InChI is InChI=1S/C22H39P3Si3/c1-26(2,3)20-23-14-10-12-16(21(12,23)27(4,5)6)18(14)25(20)19-15-11-13-17(19)22(13,24(15)25)28(7,8)9/h12-19H,10-11H2,1-9H3/t12-,13-,14+,15+,16-,17-,18+,19+,21-,22-,23?,24?,25?/m1/s1. The smallest absolute Gasteiger partial charge is 0.0755 e. The van der Waals surface area contributed by atoms with Gasteiger partial charge in [0, 0.05) is 0 Å². The van der Waals surface area contributed by atoms with Gasteiger partial charge in [-0.05, 0) is 68.7 Å². The fourth-order valence-corrected chi connectivity index (χ4v) is 69.6. The SMILES string of the molecule is C[Si](C)(C)C1=P2([C@@H]3[C@H]4[C@H]5C[C@@H]3P1[C@]45[Si](C)(C)C)[C@@H]1[C@H]3[C@H]4C[C@@H]1P2[C@]34[Si](C)(C)C. The summed E-state index contributed by atoms with van der Waals surface area (Å²) in [6.07, 6.45) is 3.49. The maximum atomic E-state index is 2.84. The molecule has 5 saturated heterocycles. The van der Waals surface area contributed by atoms with Crippen LogP contribution in [0.3, 0.4) is 0 Å². The molecule has 6 heteroatoms. The van der Waals surface area contributed by atoms with Crippen molar-refractivity contribution in [3.05, 3.63) is 0 Å². The summed E-state index contributed by atoms with van der Waals surface area (Å²) in [5, 5.41) is 0. The summed E-state index contributed by atoms with van der Waals surface area (Å²) in [6, 6.07) is 0. The molecule has 6 aliphatic heterocycles. The van der Waals surface area contributed by atoms with Crippen LogP contribution in [0, 0.1) is 23.7 Å². The van der Waals surface area contributed by atoms with Crippen molar-refractivity contribution < 1.29 is 0 Å². The second kappa shape index (κ2) is 4.20. The topological polar surface area (TPSA) is 0 Å². The van der Waals surface area contributed by atoms with Crippen LogP contribution in [0.2, 0.25) is 58.9 Å². The lowest BCUT2D eigenvalue weighted by Crippen LogP contribution is -2.48. The van der Waals surface area contributed by atoms with Crippen molar-refractivity contribution in [3.63, 3.8) is 0 Å². The summed E-state index contributed by atoms with van der Waals surface area (Å²) in [7, 11) is -2.41. The van der Waals surface area contributed by atoms with Crippen LogP contribution >= 0.6 is 22.1 Å². The molecule has 0 aromatic carbocycles. The van der Waals surface area contributed by atoms with Crippen molar-refractivity contribution in [2.75, 3.05) is 0 Å². The van der Waals surface area contributed by atoms with Crippen molar-refractivity contribution in [2.45, 2.75) is 104 Å². The Labute approximate surface area is 178 Å². The second-order valence-corrected chi connectivity index (χ2v) is 43.8. The molecule has 0 aromatic heterocycles. The maximum absolute atomic E-state index is 2.84. The molecule has 6 heterocycles. The van der Waals surface area contributed by atoms with Crippen LogP contribution in [0.5, 0.6) is 0 Å². The van der Waals surface area contributed by atoms with Gasteiger partial charge in [0.15, 0.2) is 0 Å². The highest BCUT2D eigenvalue weighted by molar-refractivity contribution is 8.48. The molecular weight excluding hydrogens is 441 g/mol. The zero-order valence-electron chi connectivity index (χ0n) is 19.4. The molecule has 0 N–H and O–H groups in total. The molecule has 4 aliphatic carbocycles. The molecular formula is C22H39P3Si3. The Morgan fingerprint density at radius 1 is 0.750 bits per heavy atom. The van der Waals surface area contributed by atoms with Crippen LogP contribution in [0.4, 0.5) is 0 Å². The van der Waals surface area contributed by atoms with E-state index in [1.165, 1.54) is 46.3 Å². The third-order valence-corrected chi connectivity index (χ3v) is 50.7. The maximum Gasteiger partial charge on any atom is 0.0789 e. The highest BCUT2D eigenvalue weighted by atomic mass is 32.1. The minimum atomic E-state index is -1.15. The average Bonchev–Trinajstić information content (AvgIpc) is 3.05. The van der Waals surface area contributed by atoms with E-state index in [0.717, 1.165) is 9.56 Å². The summed E-state index contributed by atoms with van der Waals surface area (Å²) in [5.41, 5.74) is 5.34. The molecule has 28 heavy (non-hydrogen) atoms. The van der Waals surface area contributed by atoms with Crippen molar-refractivity contribution in [3.8, 4) is 0 Å². The van der Waals surface area contributed by atoms with E-state index in [1.807, 2.05) is 0 Å². The molecule has 10 bridgehead atoms. The van der Waals surface area contributed by atoms with Crippen LogP contribution in [0.15, 0.2) is 0 Å². The number of hydrogen-bond acceptors (Lipinski definition) is 0. The van der Waals surface area contributed by atoms with Crippen molar-refractivity contribution in [2.24, 2.45) is 23.7 Å². The number of hydrogen-bond donors (Lipinski definition) is 0. The summed E-state index contributed by atoms with van der Waals surface area (Å²) in [5.74, 6) is 5.15. The normalized spacial score (nSPS) is 68.2. The van der Waals surface area contributed by atoms with Gasteiger partial charge in [0.2, 0.25) is 0 Å². The Hall–Kier alpha value is 1.81. The van der Waals surface area contributed by atoms with Gasteiger partial charge < -0.3 is 0 Å². The monoisotopic (exact) mass is 480 g/mol. The van der Waals surface area contributed by atoms with Gasteiger partial charge in [0.05, 0.1) is 24.2 Å². The van der Waals surface area contributed by atoms with Gasteiger partial charge in [-0.1, -0.05) is 85.7 Å². The zero-order chi connectivity index (χ0) is 19.8. The van der Waals surface area contributed by atoms with Crippen LogP contribution < -0.4 is 0 Å². The lowest BCUT2D eigenvalue weighted by atomic mass is 10.2. The summed E-state index contributed by atoms with van der Waals surface area (Å²) < 4.78 is 4.59. The highest BCUT2D eigenvalue weighted by Gasteiger charge is 3.01. The van der Waals surface area contributed by atoms with E-state index < -0.39 is 30.8 Å². The molecule has 1 spiro atoms. The van der Waals surface area contributed by atoms with Gasteiger partial charge in [-0.2, -0.15) is 0 Å². The van der Waals surface area contributed by atoms with Gasteiger partial charge in [-0.15, -0.1) is 0 Å². The van der Waals surface area contributed by atoms with Gasteiger partial charge in [0.1, 0.15) is 0 Å². The largest absolute Gasteiger partial charge is 0.0789 e.